The van der Waals surface area contributed by atoms with Crippen LogP contribution in [0, 0.1) is 5.92 Å². The lowest BCUT2D eigenvalue weighted by Crippen LogP contribution is -2.60. The number of carboxylic acid groups (broad SMARTS) is 1. The lowest BCUT2D eigenvalue weighted by molar-refractivity contribution is -0.145. The van der Waals surface area contributed by atoms with Crippen molar-refractivity contribution in [3.63, 3.8) is 0 Å². The Morgan fingerprint density at radius 1 is 1.50 bits per heavy atom. The highest BCUT2D eigenvalue weighted by Gasteiger charge is 2.49. The Morgan fingerprint density at radius 3 is 2.31 bits per heavy atom. The Hall–Kier alpha value is -0.610. The molecule has 0 aromatic heterocycles. The number of likely N-dealkylation sites (N-methyl/N-ethyl adjacent to an activating group) is 1. The highest BCUT2D eigenvalue weighted by atomic mass is 16.4. The molecule has 0 aromatic rings. The molecule has 0 aliphatic heterocycles. The molecule has 1 fully saturated rings. The molecule has 1 aliphatic rings. The molecule has 4 heteroatoms. The monoisotopic (exact) mass is 228 g/mol. The van der Waals surface area contributed by atoms with Gasteiger partial charge < -0.3 is 10.8 Å². The van der Waals surface area contributed by atoms with Gasteiger partial charge in [0.25, 0.3) is 0 Å². The molecule has 0 spiro atoms. The largest absolute Gasteiger partial charge is 0.480 e. The molecule has 3 N–H and O–H groups in total. The molecule has 1 rings (SSSR count). The first kappa shape index (κ1) is 13.5. The fourth-order valence-electron chi connectivity index (χ4n) is 1.85. The Balaban J connectivity index is 2.73. The molecule has 1 atom stereocenters. The van der Waals surface area contributed by atoms with Crippen LogP contribution in [0.25, 0.3) is 0 Å². The Kier molecular flexibility index (Phi) is 3.65. The van der Waals surface area contributed by atoms with Crippen LogP contribution < -0.4 is 5.73 Å². The average molecular weight is 228 g/mol. The van der Waals surface area contributed by atoms with E-state index in [9.17, 15) is 9.90 Å². The topological polar surface area (TPSA) is 66.6 Å². The first-order chi connectivity index (χ1) is 7.24. The van der Waals surface area contributed by atoms with Crippen molar-refractivity contribution in [1.82, 2.24) is 4.90 Å². The van der Waals surface area contributed by atoms with Crippen molar-refractivity contribution in [2.45, 2.75) is 51.1 Å². The summed E-state index contributed by atoms with van der Waals surface area (Å²) in [5.41, 5.74) is 4.98. The lowest BCUT2D eigenvalue weighted by atomic mass is 9.90. The van der Waals surface area contributed by atoms with E-state index >= 15 is 0 Å². The number of nitrogens with zero attached hydrogens (tertiary/aromatic N) is 1. The van der Waals surface area contributed by atoms with E-state index in [2.05, 4.69) is 25.7 Å². The number of aliphatic carboxylic acids is 1. The molecular weight excluding hydrogens is 204 g/mol. The van der Waals surface area contributed by atoms with Gasteiger partial charge in [-0.2, -0.15) is 0 Å². The fourth-order valence-corrected chi connectivity index (χ4v) is 1.85. The van der Waals surface area contributed by atoms with Crippen molar-refractivity contribution in [2.24, 2.45) is 11.7 Å². The summed E-state index contributed by atoms with van der Waals surface area (Å²) in [5.74, 6) is -0.714. The van der Waals surface area contributed by atoms with Gasteiger partial charge in [-0.1, -0.05) is 6.92 Å². The minimum atomic E-state index is -1.07. The normalized spacial score (nSPS) is 20.9. The molecule has 0 bridgehead atoms. The van der Waals surface area contributed by atoms with E-state index in [1.165, 1.54) is 0 Å². The zero-order chi connectivity index (χ0) is 12.6. The highest BCUT2D eigenvalue weighted by Crippen LogP contribution is 2.39. The smallest absolute Gasteiger partial charge is 0.325 e. The van der Waals surface area contributed by atoms with E-state index in [-0.39, 0.29) is 11.5 Å². The van der Waals surface area contributed by atoms with Crippen molar-refractivity contribution in [3.8, 4) is 0 Å². The number of nitrogens with two attached hydrogens (primary N) is 1. The minimum Gasteiger partial charge on any atom is -0.480 e. The van der Waals surface area contributed by atoms with Crippen LogP contribution in [0.2, 0.25) is 0 Å². The van der Waals surface area contributed by atoms with Crippen LogP contribution in [-0.2, 0) is 4.79 Å². The summed E-state index contributed by atoms with van der Waals surface area (Å²) < 4.78 is 0. The fraction of sp³-hybridized carbons (Fsp3) is 0.917. The molecule has 16 heavy (non-hydrogen) atoms. The minimum absolute atomic E-state index is 0.00500. The standard InChI is InChI=1S/C12H24N2O2/c1-5-11(2,3)14(4)8-12(13,10(15)16)9-6-7-9/h9H,5-8,13H2,1-4H3,(H,15,16). The highest BCUT2D eigenvalue weighted by molar-refractivity contribution is 5.79. The van der Waals surface area contributed by atoms with E-state index in [1.807, 2.05) is 7.05 Å². The predicted octanol–water partition coefficient (Wildman–Crippen LogP) is 1.30. The molecule has 1 saturated carbocycles. The Bertz CT molecular complexity index is 274. The maximum Gasteiger partial charge on any atom is 0.325 e. The maximum absolute atomic E-state index is 11.3. The van der Waals surface area contributed by atoms with E-state index in [0.29, 0.717) is 6.54 Å². The van der Waals surface area contributed by atoms with Crippen molar-refractivity contribution in [1.29, 1.82) is 0 Å². The van der Waals surface area contributed by atoms with E-state index < -0.39 is 11.5 Å². The number of hydrogen-bond donors (Lipinski definition) is 2. The van der Waals surface area contributed by atoms with Crippen LogP contribution in [0.3, 0.4) is 0 Å². The predicted molar refractivity (Wildman–Crippen MR) is 64.3 cm³/mol. The third kappa shape index (κ3) is 2.55. The van der Waals surface area contributed by atoms with E-state index in [4.69, 9.17) is 5.73 Å². The third-order valence-corrected chi connectivity index (χ3v) is 4.10. The summed E-state index contributed by atoms with van der Waals surface area (Å²) in [6.45, 7) is 6.75. The van der Waals surface area contributed by atoms with Gasteiger partial charge in [0.1, 0.15) is 5.54 Å². The van der Waals surface area contributed by atoms with E-state index in [0.717, 1.165) is 19.3 Å². The van der Waals surface area contributed by atoms with Crippen LogP contribution in [0.5, 0.6) is 0 Å². The quantitative estimate of drug-likeness (QED) is 0.719. The van der Waals surface area contributed by atoms with Crippen LogP contribution in [0.1, 0.15) is 40.0 Å². The van der Waals surface area contributed by atoms with Gasteiger partial charge in [-0.05, 0) is 46.1 Å². The van der Waals surface area contributed by atoms with E-state index in [1.54, 1.807) is 0 Å². The second-order valence-electron chi connectivity index (χ2n) is 5.64. The van der Waals surface area contributed by atoms with Gasteiger partial charge >= 0.3 is 5.97 Å². The number of hydrogen-bond acceptors (Lipinski definition) is 3. The van der Waals surface area contributed by atoms with Crippen molar-refractivity contribution < 1.29 is 9.90 Å². The van der Waals surface area contributed by atoms with Gasteiger partial charge in [-0.15, -0.1) is 0 Å². The number of rotatable bonds is 6. The molecule has 0 heterocycles. The molecule has 94 valence electrons. The summed E-state index contributed by atoms with van der Waals surface area (Å²) in [6.07, 6.45) is 2.87. The molecule has 0 amide bonds. The summed E-state index contributed by atoms with van der Waals surface area (Å²) in [5, 5.41) is 9.28. The van der Waals surface area contributed by atoms with Gasteiger partial charge in [0.05, 0.1) is 0 Å². The van der Waals surface area contributed by atoms with Gasteiger partial charge in [-0.25, -0.2) is 0 Å². The molecule has 0 radical (unpaired) electrons. The first-order valence-electron chi connectivity index (χ1n) is 5.97. The van der Waals surface area contributed by atoms with Crippen molar-refractivity contribution in [2.75, 3.05) is 13.6 Å². The lowest BCUT2D eigenvalue weighted by Gasteiger charge is -2.39. The zero-order valence-corrected chi connectivity index (χ0v) is 10.8. The SMILES string of the molecule is CCC(C)(C)N(C)CC(N)(C(=O)O)C1CC1. The van der Waals surface area contributed by atoms with Crippen LogP contribution in [0.15, 0.2) is 0 Å². The van der Waals surface area contributed by atoms with Gasteiger partial charge in [0.2, 0.25) is 0 Å². The summed E-state index contributed by atoms with van der Waals surface area (Å²) >= 11 is 0. The second kappa shape index (κ2) is 4.34. The molecule has 1 unspecified atom stereocenters. The average Bonchev–Trinajstić information content (AvgIpc) is 3.00. The summed E-state index contributed by atoms with van der Waals surface area (Å²) in [6, 6.07) is 0. The van der Waals surface area contributed by atoms with Gasteiger partial charge in [0, 0.05) is 12.1 Å². The molecule has 4 nitrogen and oxygen atoms in total. The third-order valence-electron chi connectivity index (χ3n) is 4.10. The number of carboxylic acids is 1. The molecule has 1 aliphatic carbocycles. The maximum atomic E-state index is 11.3. The second-order valence-corrected chi connectivity index (χ2v) is 5.64. The van der Waals surface area contributed by atoms with Crippen LogP contribution >= 0.6 is 0 Å². The number of carbonyl (C=O) groups is 1. The van der Waals surface area contributed by atoms with Crippen molar-refractivity contribution >= 4 is 5.97 Å². The molecular formula is C12H24N2O2. The van der Waals surface area contributed by atoms with Crippen LogP contribution in [0.4, 0.5) is 0 Å². The summed E-state index contributed by atoms with van der Waals surface area (Å²) in [7, 11) is 1.95. The van der Waals surface area contributed by atoms with Gasteiger partial charge in [-0.3, -0.25) is 9.69 Å². The Morgan fingerprint density at radius 2 is 2.00 bits per heavy atom. The summed E-state index contributed by atoms with van der Waals surface area (Å²) in [4.78, 5) is 13.4. The van der Waals surface area contributed by atoms with Gasteiger partial charge in [0.15, 0.2) is 0 Å². The van der Waals surface area contributed by atoms with Crippen LogP contribution in [-0.4, -0.2) is 40.6 Å². The van der Waals surface area contributed by atoms with Crippen molar-refractivity contribution in [3.05, 3.63) is 0 Å². The molecule has 0 saturated heterocycles. The molecule has 0 aromatic carbocycles. The Labute approximate surface area is 97.8 Å². The zero-order valence-electron chi connectivity index (χ0n) is 10.8. The first-order valence-corrected chi connectivity index (χ1v) is 5.97.